The number of carbonyl (C=O) groups is 2. The number of esters is 1. The fraction of sp³-hybridized carbons (Fsp3) is 0.556. The molecule has 1 amide bonds. The van der Waals surface area contributed by atoms with Crippen molar-refractivity contribution in [2.24, 2.45) is 11.8 Å². The van der Waals surface area contributed by atoms with Gasteiger partial charge in [0.15, 0.2) is 0 Å². The lowest BCUT2D eigenvalue weighted by atomic mass is 9.98. The van der Waals surface area contributed by atoms with Crippen molar-refractivity contribution < 1.29 is 18.7 Å². The molecule has 0 bridgehead atoms. The summed E-state index contributed by atoms with van der Waals surface area (Å²) >= 11 is 0. The third kappa shape index (κ3) is 4.30. The molecule has 1 atom stereocenters. The summed E-state index contributed by atoms with van der Waals surface area (Å²) < 4.78 is 18.2. The molecule has 0 radical (unpaired) electrons. The van der Waals surface area contributed by atoms with Crippen molar-refractivity contribution in [1.29, 1.82) is 0 Å². The highest BCUT2D eigenvalue weighted by Gasteiger charge is 2.37. The first kappa shape index (κ1) is 16.0. The summed E-state index contributed by atoms with van der Waals surface area (Å²) in [6.07, 6.45) is 4.19. The molecule has 0 N–H and O–H groups in total. The normalized spacial score (nSPS) is 21.1. The topological polar surface area (TPSA) is 46.6 Å². The van der Waals surface area contributed by atoms with Crippen molar-refractivity contribution in [3.8, 4) is 0 Å². The number of nitrogens with zero attached hydrogens (tertiary/aromatic N) is 1. The Kier molecular flexibility index (Phi) is 4.94. The average Bonchev–Trinajstić information content (AvgIpc) is 3.41. The second-order valence-corrected chi connectivity index (χ2v) is 6.44. The molecule has 2 fully saturated rings. The van der Waals surface area contributed by atoms with Gasteiger partial charge in [0.05, 0.1) is 12.5 Å². The van der Waals surface area contributed by atoms with Crippen LogP contribution in [0.15, 0.2) is 24.3 Å². The van der Waals surface area contributed by atoms with E-state index >= 15 is 0 Å². The zero-order valence-corrected chi connectivity index (χ0v) is 13.2. The van der Waals surface area contributed by atoms with Gasteiger partial charge in [-0.05, 0) is 43.4 Å². The van der Waals surface area contributed by atoms with Crippen LogP contribution in [-0.2, 0) is 20.7 Å². The molecular formula is C18H22FNO3. The zero-order chi connectivity index (χ0) is 16.2. The molecule has 0 unspecified atom stereocenters. The van der Waals surface area contributed by atoms with Gasteiger partial charge in [-0.25, -0.2) is 4.39 Å². The number of hydrogen-bond donors (Lipinski definition) is 0. The van der Waals surface area contributed by atoms with Crippen LogP contribution in [-0.4, -0.2) is 36.5 Å². The van der Waals surface area contributed by atoms with E-state index in [-0.39, 0.29) is 36.1 Å². The minimum Gasteiger partial charge on any atom is -0.465 e. The first-order chi connectivity index (χ1) is 11.1. The summed E-state index contributed by atoms with van der Waals surface area (Å²) in [5, 5.41) is 0. The predicted molar refractivity (Wildman–Crippen MR) is 83.1 cm³/mol. The summed E-state index contributed by atoms with van der Waals surface area (Å²) in [6, 6.07) is 6.19. The van der Waals surface area contributed by atoms with Crippen LogP contribution in [0.3, 0.4) is 0 Å². The van der Waals surface area contributed by atoms with Crippen molar-refractivity contribution in [1.82, 2.24) is 4.90 Å². The maximum Gasteiger partial charge on any atom is 0.310 e. The van der Waals surface area contributed by atoms with Crippen molar-refractivity contribution in [2.45, 2.75) is 32.1 Å². The Bertz CT molecular complexity index is 568. The molecule has 1 aliphatic heterocycles. The van der Waals surface area contributed by atoms with Gasteiger partial charge in [0.1, 0.15) is 5.82 Å². The van der Waals surface area contributed by atoms with Crippen LogP contribution >= 0.6 is 0 Å². The number of ether oxygens (including phenoxy) is 1. The van der Waals surface area contributed by atoms with Gasteiger partial charge >= 0.3 is 5.97 Å². The van der Waals surface area contributed by atoms with Crippen molar-refractivity contribution >= 4 is 11.9 Å². The zero-order valence-electron chi connectivity index (χ0n) is 13.2. The molecule has 1 aromatic rings. The molecule has 4 nitrogen and oxygen atoms in total. The first-order valence-corrected chi connectivity index (χ1v) is 8.33. The molecule has 5 heteroatoms. The highest BCUT2D eigenvalue weighted by Crippen LogP contribution is 2.32. The van der Waals surface area contributed by atoms with E-state index in [0.29, 0.717) is 13.0 Å². The number of halogens is 1. The smallest absolute Gasteiger partial charge is 0.310 e. The van der Waals surface area contributed by atoms with Crippen LogP contribution in [0, 0.1) is 17.7 Å². The van der Waals surface area contributed by atoms with Gasteiger partial charge in [0.25, 0.3) is 0 Å². The Labute approximate surface area is 135 Å². The highest BCUT2D eigenvalue weighted by molar-refractivity contribution is 5.82. The molecule has 1 aliphatic carbocycles. The maximum absolute atomic E-state index is 12.8. The average molecular weight is 319 g/mol. The Hall–Kier alpha value is -1.91. The van der Waals surface area contributed by atoms with Gasteiger partial charge in [0, 0.05) is 25.4 Å². The van der Waals surface area contributed by atoms with Crippen LogP contribution in [0.5, 0.6) is 0 Å². The fourth-order valence-corrected chi connectivity index (χ4v) is 3.00. The Morgan fingerprint density at radius 1 is 1.13 bits per heavy atom. The Morgan fingerprint density at radius 2 is 1.87 bits per heavy atom. The molecule has 0 aromatic heterocycles. The number of benzene rings is 1. The number of rotatable bonds is 5. The lowest BCUT2D eigenvalue weighted by Gasteiger charge is -2.31. The van der Waals surface area contributed by atoms with Crippen LogP contribution in [0.4, 0.5) is 4.39 Å². The molecular weight excluding hydrogens is 297 g/mol. The summed E-state index contributed by atoms with van der Waals surface area (Å²) in [4.78, 5) is 26.1. The van der Waals surface area contributed by atoms with Crippen LogP contribution in [0.2, 0.25) is 0 Å². The molecule has 23 heavy (non-hydrogen) atoms. The SMILES string of the molecule is O=C(OCCc1ccc(F)cc1)[C@H]1CCCN(C(=O)C2CC2)C1. The van der Waals surface area contributed by atoms with Gasteiger partial charge in [-0.3, -0.25) is 9.59 Å². The van der Waals surface area contributed by atoms with E-state index in [1.807, 2.05) is 4.90 Å². The molecule has 1 heterocycles. The third-order valence-corrected chi connectivity index (χ3v) is 4.54. The third-order valence-electron chi connectivity index (χ3n) is 4.54. The van der Waals surface area contributed by atoms with Gasteiger partial charge in [-0.2, -0.15) is 0 Å². The van der Waals surface area contributed by atoms with Gasteiger partial charge in [0.2, 0.25) is 5.91 Å². The molecule has 124 valence electrons. The fourth-order valence-electron chi connectivity index (χ4n) is 3.00. The van der Waals surface area contributed by atoms with Gasteiger partial charge in [-0.15, -0.1) is 0 Å². The number of carbonyl (C=O) groups excluding carboxylic acids is 2. The second-order valence-electron chi connectivity index (χ2n) is 6.44. The van der Waals surface area contributed by atoms with E-state index in [1.165, 1.54) is 12.1 Å². The maximum atomic E-state index is 12.8. The Balaban J connectivity index is 1.43. The van der Waals surface area contributed by atoms with E-state index in [2.05, 4.69) is 0 Å². The number of piperidine rings is 1. The van der Waals surface area contributed by atoms with E-state index in [9.17, 15) is 14.0 Å². The minimum absolute atomic E-state index is 0.197. The second kappa shape index (κ2) is 7.11. The van der Waals surface area contributed by atoms with Crippen molar-refractivity contribution in [2.75, 3.05) is 19.7 Å². The number of amides is 1. The van der Waals surface area contributed by atoms with Crippen LogP contribution < -0.4 is 0 Å². The van der Waals surface area contributed by atoms with E-state index in [4.69, 9.17) is 4.74 Å². The van der Waals surface area contributed by atoms with E-state index in [0.717, 1.165) is 37.8 Å². The summed E-state index contributed by atoms with van der Waals surface area (Å²) in [5.74, 6) is -0.300. The standard InChI is InChI=1S/C18H22FNO3/c19-16-7-3-13(4-8-16)9-11-23-18(22)15-2-1-10-20(12-15)17(21)14-5-6-14/h3-4,7-8,14-15H,1-2,5-6,9-12H2/t15-/m0/s1. The monoisotopic (exact) mass is 319 g/mol. The largest absolute Gasteiger partial charge is 0.465 e. The Morgan fingerprint density at radius 3 is 2.57 bits per heavy atom. The van der Waals surface area contributed by atoms with Crippen molar-refractivity contribution in [3.63, 3.8) is 0 Å². The molecule has 0 spiro atoms. The van der Waals surface area contributed by atoms with Crippen LogP contribution in [0.25, 0.3) is 0 Å². The molecule has 2 aliphatic rings. The predicted octanol–water partition coefficient (Wildman–Crippen LogP) is 2.56. The number of likely N-dealkylation sites (tertiary alicyclic amines) is 1. The summed E-state index contributed by atoms with van der Waals surface area (Å²) in [7, 11) is 0. The van der Waals surface area contributed by atoms with Gasteiger partial charge < -0.3 is 9.64 Å². The van der Waals surface area contributed by atoms with Crippen LogP contribution in [0.1, 0.15) is 31.2 Å². The molecule has 1 saturated heterocycles. The first-order valence-electron chi connectivity index (χ1n) is 8.33. The molecule has 3 rings (SSSR count). The highest BCUT2D eigenvalue weighted by atomic mass is 19.1. The number of hydrogen-bond acceptors (Lipinski definition) is 3. The van der Waals surface area contributed by atoms with E-state index < -0.39 is 0 Å². The van der Waals surface area contributed by atoms with Gasteiger partial charge in [-0.1, -0.05) is 12.1 Å². The van der Waals surface area contributed by atoms with E-state index in [1.54, 1.807) is 12.1 Å². The molecule has 1 saturated carbocycles. The van der Waals surface area contributed by atoms with Crippen molar-refractivity contribution in [3.05, 3.63) is 35.6 Å². The lowest BCUT2D eigenvalue weighted by Crippen LogP contribution is -2.43. The summed E-state index contributed by atoms with van der Waals surface area (Å²) in [6.45, 7) is 1.54. The quantitative estimate of drug-likeness (QED) is 0.784. The molecule has 1 aromatic carbocycles. The minimum atomic E-state index is -0.270. The lowest BCUT2D eigenvalue weighted by molar-refractivity contribution is -0.151. The summed E-state index contributed by atoms with van der Waals surface area (Å²) in [5.41, 5.74) is 0.938.